The molecule has 1 aliphatic rings. The van der Waals surface area contributed by atoms with E-state index in [1.807, 2.05) is 18.7 Å². The Labute approximate surface area is 98.5 Å². The van der Waals surface area contributed by atoms with Crippen LogP contribution in [0, 0.1) is 6.92 Å². The maximum absolute atomic E-state index is 4.12. The summed E-state index contributed by atoms with van der Waals surface area (Å²) in [4.78, 5) is 0. The van der Waals surface area contributed by atoms with Gasteiger partial charge in [0.05, 0.1) is 0 Å². The van der Waals surface area contributed by atoms with E-state index in [4.69, 9.17) is 0 Å². The standard InChI is InChI=1S/C8H13N3S2.ClH/c1-6-10-11-8(12-6)13-7-2-4-9-5-3-7;/h7,9H,2-5H2,1H3;1H. The molecule has 0 atom stereocenters. The number of hydrogen-bond acceptors (Lipinski definition) is 5. The first-order valence-electron chi connectivity index (χ1n) is 4.52. The molecule has 1 N–H and O–H groups in total. The van der Waals surface area contributed by atoms with Gasteiger partial charge in [-0.2, -0.15) is 0 Å². The SMILES string of the molecule is Cc1nnc(SC2CCNCC2)s1.Cl. The van der Waals surface area contributed by atoms with Gasteiger partial charge in [0.1, 0.15) is 5.01 Å². The van der Waals surface area contributed by atoms with Gasteiger partial charge in [0.2, 0.25) is 0 Å². The van der Waals surface area contributed by atoms with E-state index >= 15 is 0 Å². The summed E-state index contributed by atoms with van der Waals surface area (Å²) in [5, 5.41) is 13.3. The molecule has 0 unspecified atom stereocenters. The predicted octanol–water partition coefficient (Wildman–Crippen LogP) is 2.11. The quantitative estimate of drug-likeness (QED) is 0.874. The Hall–Kier alpha value is 0.160. The van der Waals surface area contributed by atoms with Crippen LogP contribution in [-0.4, -0.2) is 28.5 Å². The highest BCUT2D eigenvalue weighted by Crippen LogP contribution is 2.30. The van der Waals surface area contributed by atoms with E-state index in [0.717, 1.165) is 27.7 Å². The molecular weight excluding hydrogens is 238 g/mol. The van der Waals surface area contributed by atoms with E-state index < -0.39 is 0 Å². The van der Waals surface area contributed by atoms with E-state index in [-0.39, 0.29) is 12.4 Å². The van der Waals surface area contributed by atoms with Crippen LogP contribution in [0.1, 0.15) is 17.8 Å². The first-order chi connectivity index (χ1) is 6.34. The second-order valence-electron chi connectivity index (χ2n) is 3.15. The Bertz CT molecular complexity index is 273. The van der Waals surface area contributed by atoms with Gasteiger partial charge < -0.3 is 5.32 Å². The van der Waals surface area contributed by atoms with Crippen molar-refractivity contribution in [3.8, 4) is 0 Å². The molecule has 2 heterocycles. The fourth-order valence-corrected chi connectivity index (χ4v) is 3.60. The molecule has 1 fully saturated rings. The summed E-state index contributed by atoms with van der Waals surface area (Å²) >= 11 is 3.59. The number of aryl methyl sites for hydroxylation is 1. The number of nitrogens with one attached hydrogen (secondary N) is 1. The molecule has 0 aliphatic carbocycles. The maximum Gasteiger partial charge on any atom is 0.174 e. The number of aromatic nitrogens is 2. The number of hydrogen-bond donors (Lipinski definition) is 1. The van der Waals surface area contributed by atoms with Gasteiger partial charge in [-0.05, 0) is 32.9 Å². The molecule has 1 aliphatic heterocycles. The van der Waals surface area contributed by atoms with Crippen molar-refractivity contribution < 1.29 is 0 Å². The first-order valence-corrected chi connectivity index (χ1v) is 6.22. The normalized spacial score (nSPS) is 17.8. The van der Waals surface area contributed by atoms with Crippen LogP contribution in [0.25, 0.3) is 0 Å². The van der Waals surface area contributed by atoms with Gasteiger partial charge in [-0.3, -0.25) is 0 Å². The van der Waals surface area contributed by atoms with Gasteiger partial charge in [-0.15, -0.1) is 22.6 Å². The van der Waals surface area contributed by atoms with E-state index in [9.17, 15) is 0 Å². The Balaban J connectivity index is 0.000000980. The Morgan fingerprint density at radius 2 is 2.07 bits per heavy atom. The molecule has 0 spiro atoms. The van der Waals surface area contributed by atoms with Gasteiger partial charge in [0.15, 0.2) is 4.34 Å². The lowest BCUT2D eigenvalue weighted by Gasteiger charge is -2.20. The molecule has 0 radical (unpaired) electrons. The summed E-state index contributed by atoms with van der Waals surface area (Å²) in [5.41, 5.74) is 0. The van der Waals surface area contributed by atoms with E-state index in [0.29, 0.717) is 0 Å². The van der Waals surface area contributed by atoms with E-state index in [1.54, 1.807) is 11.3 Å². The molecule has 0 amide bonds. The molecule has 80 valence electrons. The lowest BCUT2D eigenvalue weighted by molar-refractivity contribution is 0.531. The molecule has 14 heavy (non-hydrogen) atoms. The fourth-order valence-electron chi connectivity index (χ4n) is 1.38. The van der Waals surface area contributed by atoms with Gasteiger partial charge in [0.25, 0.3) is 0 Å². The van der Waals surface area contributed by atoms with Crippen LogP contribution >= 0.6 is 35.5 Å². The molecule has 6 heteroatoms. The fraction of sp³-hybridized carbons (Fsp3) is 0.750. The van der Waals surface area contributed by atoms with E-state index in [2.05, 4.69) is 15.5 Å². The van der Waals surface area contributed by atoms with E-state index in [1.165, 1.54) is 12.8 Å². The summed E-state index contributed by atoms with van der Waals surface area (Å²) < 4.78 is 1.13. The highest BCUT2D eigenvalue weighted by molar-refractivity contribution is 8.01. The minimum absolute atomic E-state index is 0. The third-order valence-corrected chi connectivity index (χ3v) is 4.32. The van der Waals surface area contributed by atoms with Crippen LogP contribution in [0.2, 0.25) is 0 Å². The van der Waals surface area contributed by atoms with Gasteiger partial charge in [0, 0.05) is 5.25 Å². The minimum atomic E-state index is 0. The Morgan fingerprint density at radius 3 is 2.64 bits per heavy atom. The van der Waals surface area contributed by atoms with Crippen LogP contribution in [0.4, 0.5) is 0 Å². The minimum Gasteiger partial charge on any atom is -0.317 e. The summed E-state index contributed by atoms with van der Waals surface area (Å²) in [5.74, 6) is 0. The van der Waals surface area contributed by atoms with Crippen molar-refractivity contribution in [3.63, 3.8) is 0 Å². The van der Waals surface area contributed by atoms with Crippen LogP contribution in [-0.2, 0) is 0 Å². The molecule has 1 saturated heterocycles. The summed E-state index contributed by atoms with van der Waals surface area (Å²) in [7, 11) is 0. The molecule has 0 saturated carbocycles. The topological polar surface area (TPSA) is 37.8 Å². The third-order valence-electron chi connectivity index (χ3n) is 2.06. The van der Waals surface area contributed by atoms with Crippen molar-refractivity contribution >= 4 is 35.5 Å². The molecular formula is C8H14ClN3S2. The Kier molecular flexibility index (Phi) is 5.15. The zero-order valence-electron chi connectivity index (χ0n) is 8.02. The number of piperidine rings is 1. The summed E-state index contributed by atoms with van der Waals surface area (Å²) in [6.07, 6.45) is 2.51. The number of rotatable bonds is 2. The molecule has 0 bridgehead atoms. The summed E-state index contributed by atoms with van der Waals surface area (Å²) in [6, 6.07) is 0. The highest BCUT2D eigenvalue weighted by Gasteiger charge is 2.15. The van der Waals surface area contributed by atoms with Crippen molar-refractivity contribution in [2.24, 2.45) is 0 Å². The number of thioether (sulfide) groups is 1. The number of halogens is 1. The largest absolute Gasteiger partial charge is 0.317 e. The average molecular weight is 252 g/mol. The second kappa shape index (κ2) is 5.90. The second-order valence-corrected chi connectivity index (χ2v) is 5.88. The van der Waals surface area contributed by atoms with Crippen LogP contribution < -0.4 is 5.32 Å². The Morgan fingerprint density at radius 1 is 1.36 bits per heavy atom. The van der Waals surface area contributed by atoms with Crippen molar-refractivity contribution in [1.82, 2.24) is 15.5 Å². The zero-order chi connectivity index (χ0) is 9.10. The van der Waals surface area contributed by atoms with Gasteiger partial charge in [-0.1, -0.05) is 23.1 Å². The lowest BCUT2D eigenvalue weighted by atomic mass is 10.2. The van der Waals surface area contributed by atoms with Crippen molar-refractivity contribution in [2.45, 2.75) is 29.4 Å². The molecule has 2 rings (SSSR count). The first kappa shape index (κ1) is 12.2. The smallest absolute Gasteiger partial charge is 0.174 e. The molecule has 0 aromatic carbocycles. The van der Waals surface area contributed by atoms with Gasteiger partial charge in [-0.25, -0.2) is 0 Å². The molecule has 1 aromatic heterocycles. The monoisotopic (exact) mass is 251 g/mol. The molecule has 1 aromatic rings. The van der Waals surface area contributed by atoms with Crippen LogP contribution in [0.15, 0.2) is 4.34 Å². The zero-order valence-corrected chi connectivity index (χ0v) is 10.5. The van der Waals surface area contributed by atoms with Crippen molar-refractivity contribution in [3.05, 3.63) is 5.01 Å². The predicted molar refractivity (Wildman–Crippen MR) is 63.6 cm³/mol. The van der Waals surface area contributed by atoms with Crippen molar-refractivity contribution in [2.75, 3.05) is 13.1 Å². The lowest BCUT2D eigenvalue weighted by Crippen LogP contribution is -2.29. The van der Waals surface area contributed by atoms with Gasteiger partial charge >= 0.3 is 0 Å². The van der Waals surface area contributed by atoms with Crippen LogP contribution in [0.5, 0.6) is 0 Å². The third kappa shape index (κ3) is 3.38. The average Bonchev–Trinajstić information content (AvgIpc) is 2.53. The maximum atomic E-state index is 4.12. The molecule has 3 nitrogen and oxygen atoms in total. The van der Waals surface area contributed by atoms with Crippen molar-refractivity contribution in [1.29, 1.82) is 0 Å². The number of nitrogens with zero attached hydrogens (tertiary/aromatic N) is 2. The summed E-state index contributed by atoms with van der Waals surface area (Å²) in [6.45, 7) is 4.30. The van der Waals surface area contributed by atoms with Crippen LogP contribution in [0.3, 0.4) is 0 Å². The highest BCUT2D eigenvalue weighted by atomic mass is 35.5.